The molecule has 2 aromatic rings. The van der Waals surface area contributed by atoms with Crippen molar-refractivity contribution in [3.8, 4) is 0 Å². The fourth-order valence-corrected chi connectivity index (χ4v) is 6.71. The third-order valence-corrected chi connectivity index (χ3v) is 9.10. The fourth-order valence-electron chi connectivity index (χ4n) is 6.55. The number of likely N-dealkylation sites (tertiary alicyclic amines) is 1. The molecule has 0 N–H and O–H groups in total. The van der Waals surface area contributed by atoms with Gasteiger partial charge in [-0.05, 0) is 56.4 Å². The van der Waals surface area contributed by atoms with E-state index in [0.29, 0.717) is 18.1 Å². The van der Waals surface area contributed by atoms with Crippen molar-refractivity contribution in [1.82, 2.24) is 18.9 Å². The van der Waals surface area contributed by atoms with Gasteiger partial charge in [0.15, 0.2) is 0 Å². The van der Waals surface area contributed by atoms with Crippen molar-refractivity contribution in [2.24, 2.45) is 11.8 Å². The molecule has 35 heavy (non-hydrogen) atoms. The van der Waals surface area contributed by atoms with E-state index in [0.717, 1.165) is 76.1 Å². The molecule has 3 heterocycles. The molecule has 0 bridgehead atoms. The lowest BCUT2D eigenvalue weighted by atomic mass is 9.79. The maximum Gasteiger partial charge on any atom is 0.329 e. The summed E-state index contributed by atoms with van der Waals surface area (Å²) in [4.78, 5) is 18.6. The van der Waals surface area contributed by atoms with Gasteiger partial charge in [0.25, 0.3) is 0 Å². The highest BCUT2D eigenvalue weighted by Crippen LogP contribution is 2.35. The van der Waals surface area contributed by atoms with Crippen LogP contribution in [0, 0.1) is 17.7 Å². The molecule has 0 unspecified atom stereocenters. The molecular formula is C27H40ClFN4O2. The van der Waals surface area contributed by atoms with Crippen LogP contribution in [-0.2, 0) is 11.3 Å². The van der Waals surface area contributed by atoms with E-state index in [1.165, 1.54) is 31.7 Å². The Balaban J connectivity index is 1.32. The zero-order chi connectivity index (χ0) is 24.5. The Kier molecular flexibility index (Phi) is 7.87. The zero-order valence-electron chi connectivity index (χ0n) is 21.2. The normalized spacial score (nSPS) is 25.6. The summed E-state index contributed by atoms with van der Waals surface area (Å²) in [7, 11) is 0. The molecule has 2 aliphatic heterocycles. The van der Waals surface area contributed by atoms with E-state index in [9.17, 15) is 9.18 Å². The largest absolute Gasteiger partial charge is 0.379 e. The van der Waals surface area contributed by atoms with Gasteiger partial charge in [-0.25, -0.2) is 9.18 Å². The summed E-state index contributed by atoms with van der Waals surface area (Å²) in [6.07, 6.45) is 7.15. The van der Waals surface area contributed by atoms with Gasteiger partial charge in [-0.2, -0.15) is 0 Å². The Hall–Kier alpha value is -1.41. The second-order valence-corrected chi connectivity index (χ2v) is 11.5. The van der Waals surface area contributed by atoms with Gasteiger partial charge in [0, 0.05) is 57.4 Å². The quantitative estimate of drug-likeness (QED) is 0.565. The highest BCUT2D eigenvalue weighted by molar-refractivity contribution is 6.31. The second kappa shape index (κ2) is 10.9. The maximum atomic E-state index is 14.5. The first-order chi connectivity index (χ1) is 16.9. The number of halogens is 2. The van der Waals surface area contributed by atoms with Crippen LogP contribution in [-0.4, -0.2) is 70.9 Å². The van der Waals surface area contributed by atoms with Gasteiger partial charge in [0.05, 0.1) is 29.3 Å². The summed E-state index contributed by atoms with van der Waals surface area (Å²) in [6, 6.07) is 3.90. The average molecular weight is 507 g/mol. The van der Waals surface area contributed by atoms with Crippen molar-refractivity contribution in [3.05, 3.63) is 33.5 Å². The van der Waals surface area contributed by atoms with E-state index >= 15 is 0 Å². The number of rotatable bonds is 6. The zero-order valence-corrected chi connectivity index (χ0v) is 22.0. The van der Waals surface area contributed by atoms with Crippen molar-refractivity contribution in [3.63, 3.8) is 0 Å². The second-order valence-electron chi connectivity index (χ2n) is 11.1. The van der Waals surface area contributed by atoms with Crippen LogP contribution < -0.4 is 5.69 Å². The van der Waals surface area contributed by atoms with E-state index < -0.39 is 5.82 Å². The summed E-state index contributed by atoms with van der Waals surface area (Å²) in [5.41, 5.74) is 1.38. The van der Waals surface area contributed by atoms with Crippen LogP contribution in [0.2, 0.25) is 5.02 Å². The predicted molar refractivity (Wildman–Crippen MR) is 139 cm³/mol. The topological polar surface area (TPSA) is 42.6 Å². The first-order valence-electron chi connectivity index (χ1n) is 13.6. The molecule has 8 heteroatoms. The van der Waals surface area contributed by atoms with Crippen LogP contribution in [0.3, 0.4) is 0 Å². The molecule has 3 aliphatic rings. The third kappa shape index (κ3) is 5.34. The number of piperidine rings is 1. The minimum atomic E-state index is -0.469. The number of hydrogen-bond acceptors (Lipinski definition) is 4. The summed E-state index contributed by atoms with van der Waals surface area (Å²) in [6.45, 7) is 11.2. The molecule has 0 spiro atoms. The Morgan fingerprint density at radius 1 is 0.943 bits per heavy atom. The molecule has 0 atom stereocenters. The summed E-state index contributed by atoms with van der Waals surface area (Å²) in [5.74, 6) is 1.19. The lowest BCUT2D eigenvalue weighted by molar-refractivity contribution is 0.0363. The summed E-state index contributed by atoms with van der Waals surface area (Å²) < 4.78 is 23.6. The van der Waals surface area contributed by atoms with Gasteiger partial charge in [0.1, 0.15) is 5.82 Å². The Bertz CT molecular complexity index is 1060. The van der Waals surface area contributed by atoms with Crippen molar-refractivity contribution in [2.75, 3.05) is 45.9 Å². The predicted octanol–water partition coefficient (Wildman–Crippen LogP) is 4.78. The van der Waals surface area contributed by atoms with Crippen molar-refractivity contribution in [1.29, 1.82) is 0 Å². The maximum absolute atomic E-state index is 14.5. The lowest BCUT2D eigenvalue weighted by Gasteiger charge is -2.41. The van der Waals surface area contributed by atoms with Crippen LogP contribution in [0.25, 0.3) is 11.0 Å². The Morgan fingerprint density at radius 3 is 2.29 bits per heavy atom. The highest BCUT2D eigenvalue weighted by Gasteiger charge is 2.32. The van der Waals surface area contributed by atoms with E-state index in [4.69, 9.17) is 16.3 Å². The van der Waals surface area contributed by atoms with E-state index in [2.05, 4.69) is 23.6 Å². The lowest BCUT2D eigenvalue weighted by Crippen LogP contribution is -2.45. The molecule has 0 amide bonds. The first kappa shape index (κ1) is 25.2. The van der Waals surface area contributed by atoms with Crippen LogP contribution in [0.15, 0.2) is 16.9 Å². The standard InChI is InChI=1S/C27H40ClFN4O2/c1-19(2)20-3-5-21(6-4-20)31-9-7-22(8-10-31)33-26-17-23(28)24(29)18-25(26)32(27(33)34)12-11-30-13-15-35-16-14-30/h17-22H,3-16H2,1-2H3/t20-,21+. The number of nitrogens with zero attached hydrogens (tertiary/aromatic N) is 4. The van der Waals surface area contributed by atoms with Gasteiger partial charge in [0.2, 0.25) is 0 Å². The molecule has 2 saturated heterocycles. The number of imidazole rings is 1. The van der Waals surface area contributed by atoms with Gasteiger partial charge in [-0.3, -0.25) is 14.0 Å². The molecule has 194 valence electrons. The number of fused-ring (bicyclic) bond motifs is 1. The average Bonchev–Trinajstić information content (AvgIpc) is 3.13. The molecule has 1 aromatic carbocycles. The number of aromatic nitrogens is 2. The van der Waals surface area contributed by atoms with Gasteiger partial charge < -0.3 is 9.64 Å². The molecule has 0 radical (unpaired) electrons. The smallest absolute Gasteiger partial charge is 0.329 e. The van der Waals surface area contributed by atoms with Crippen LogP contribution in [0.1, 0.15) is 58.4 Å². The summed E-state index contributed by atoms with van der Waals surface area (Å²) in [5, 5.41) is 0.0796. The summed E-state index contributed by atoms with van der Waals surface area (Å²) >= 11 is 6.19. The van der Waals surface area contributed by atoms with Crippen LogP contribution in [0.4, 0.5) is 4.39 Å². The van der Waals surface area contributed by atoms with Crippen molar-refractivity contribution >= 4 is 22.6 Å². The van der Waals surface area contributed by atoms with Crippen molar-refractivity contribution < 1.29 is 9.13 Å². The van der Waals surface area contributed by atoms with E-state index in [1.54, 1.807) is 10.6 Å². The highest BCUT2D eigenvalue weighted by atomic mass is 35.5. The Labute approximate surface area is 213 Å². The van der Waals surface area contributed by atoms with Crippen LogP contribution >= 0.6 is 11.6 Å². The molecule has 1 saturated carbocycles. The fraction of sp³-hybridized carbons (Fsp3) is 0.741. The number of morpholine rings is 1. The van der Waals surface area contributed by atoms with Crippen LogP contribution in [0.5, 0.6) is 0 Å². The minimum absolute atomic E-state index is 0.0363. The monoisotopic (exact) mass is 506 g/mol. The SMILES string of the molecule is CC(C)[C@H]1CC[C@@H](N2CCC(n3c(=O)n(CCN4CCOCC4)c4cc(F)c(Cl)cc43)CC2)CC1. The Morgan fingerprint density at radius 2 is 1.63 bits per heavy atom. The number of ether oxygens (including phenoxy) is 1. The molecule has 6 nitrogen and oxygen atoms in total. The van der Waals surface area contributed by atoms with E-state index in [1.807, 2.05) is 4.57 Å². The number of hydrogen-bond donors (Lipinski definition) is 0. The molecular weight excluding hydrogens is 467 g/mol. The van der Waals surface area contributed by atoms with Gasteiger partial charge in [-0.15, -0.1) is 0 Å². The third-order valence-electron chi connectivity index (χ3n) is 8.81. The van der Waals surface area contributed by atoms with E-state index in [-0.39, 0.29) is 16.8 Å². The van der Waals surface area contributed by atoms with Gasteiger partial charge in [-0.1, -0.05) is 25.4 Å². The first-order valence-corrected chi connectivity index (χ1v) is 13.9. The van der Waals surface area contributed by atoms with Gasteiger partial charge >= 0.3 is 5.69 Å². The minimum Gasteiger partial charge on any atom is -0.379 e. The number of benzene rings is 1. The van der Waals surface area contributed by atoms with Crippen molar-refractivity contribution in [2.45, 2.75) is 71.0 Å². The molecule has 1 aliphatic carbocycles. The molecule has 5 rings (SSSR count). The molecule has 3 fully saturated rings. The molecule has 1 aromatic heterocycles.